The zero-order chi connectivity index (χ0) is 21.4. The molecule has 6 nitrogen and oxygen atoms in total. The topological polar surface area (TPSA) is 59.1 Å². The molecule has 160 valence electrons. The Bertz CT molecular complexity index is 844. The van der Waals surface area contributed by atoms with Gasteiger partial charge in [-0.1, -0.05) is 24.1 Å². The number of likely N-dealkylation sites (tertiary alicyclic amines) is 2. The number of ether oxygens (including phenoxy) is 2. The van der Waals surface area contributed by atoms with E-state index in [4.69, 9.17) is 9.47 Å². The van der Waals surface area contributed by atoms with Crippen LogP contribution >= 0.6 is 0 Å². The highest BCUT2D eigenvalue weighted by molar-refractivity contribution is 5.92. The van der Waals surface area contributed by atoms with E-state index in [9.17, 15) is 9.59 Å². The summed E-state index contributed by atoms with van der Waals surface area (Å²) in [6.45, 7) is 7.22. The first kappa shape index (κ1) is 21.8. The molecule has 0 aliphatic carbocycles. The average molecular weight is 411 g/mol. The van der Waals surface area contributed by atoms with Crippen LogP contribution in [0.2, 0.25) is 0 Å². The predicted molar refractivity (Wildman–Crippen MR) is 116 cm³/mol. The summed E-state index contributed by atoms with van der Waals surface area (Å²) in [5.41, 5.74) is 0.997. The first-order chi connectivity index (χ1) is 14.6. The first-order valence-electron chi connectivity index (χ1n) is 10.6. The quantitative estimate of drug-likeness (QED) is 0.550. The lowest BCUT2D eigenvalue weighted by Crippen LogP contribution is -2.44. The summed E-state index contributed by atoms with van der Waals surface area (Å²) in [6.07, 6.45) is 5.93. The number of benzene rings is 1. The number of rotatable bonds is 5. The molecule has 2 aliphatic heterocycles. The van der Waals surface area contributed by atoms with Crippen molar-refractivity contribution in [2.45, 2.75) is 33.1 Å². The highest BCUT2D eigenvalue weighted by Crippen LogP contribution is 2.40. The predicted octanol–water partition coefficient (Wildman–Crippen LogP) is 3.57. The van der Waals surface area contributed by atoms with Gasteiger partial charge in [-0.05, 0) is 50.7 Å². The summed E-state index contributed by atoms with van der Waals surface area (Å²) in [4.78, 5) is 28.5. The molecule has 0 aromatic heterocycles. The molecule has 1 spiro atoms. The van der Waals surface area contributed by atoms with Crippen LogP contribution in [0.3, 0.4) is 0 Å². The van der Waals surface area contributed by atoms with Crippen LogP contribution in [0.25, 0.3) is 6.08 Å². The molecule has 2 aliphatic rings. The van der Waals surface area contributed by atoms with Gasteiger partial charge in [-0.25, -0.2) is 4.79 Å². The van der Waals surface area contributed by atoms with Gasteiger partial charge in [0.25, 0.3) is 0 Å². The molecule has 2 heterocycles. The normalized spacial score (nSPS) is 17.7. The minimum Gasteiger partial charge on any atom is -0.493 e. The van der Waals surface area contributed by atoms with Crippen molar-refractivity contribution >= 4 is 18.1 Å². The molecule has 2 amide bonds. The molecule has 0 saturated carbocycles. The minimum atomic E-state index is -0.288. The number of hydrogen-bond acceptors (Lipinski definition) is 4. The Kier molecular flexibility index (Phi) is 7.40. The molecular formula is C24H30N2O4. The molecule has 1 aromatic carbocycles. The standard InChI is InChI=1S/C24H30N2O4/c1-3-5-18-30-23(28)26-17-14-24(19-26)12-15-25(16-13-24)22(27)11-10-20-8-6-7-9-21(20)29-4-2/h6-11H,4,12-19H2,1-2H3/b11-10+. The molecule has 6 heteroatoms. The maximum Gasteiger partial charge on any atom is 0.410 e. The van der Waals surface area contributed by atoms with Gasteiger partial charge in [0.15, 0.2) is 6.61 Å². The Labute approximate surface area is 178 Å². The van der Waals surface area contributed by atoms with Gasteiger partial charge in [0.2, 0.25) is 5.91 Å². The molecule has 2 saturated heterocycles. The molecule has 0 bridgehead atoms. The van der Waals surface area contributed by atoms with E-state index < -0.39 is 0 Å². The van der Waals surface area contributed by atoms with Crippen molar-refractivity contribution in [3.05, 3.63) is 35.9 Å². The van der Waals surface area contributed by atoms with E-state index in [2.05, 4.69) is 11.8 Å². The van der Waals surface area contributed by atoms with E-state index in [-0.39, 0.29) is 24.0 Å². The van der Waals surface area contributed by atoms with E-state index in [1.165, 1.54) is 0 Å². The molecule has 0 radical (unpaired) electrons. The van der Waals surface area contributed by atoms with Gasteiger partial charge in [0, 0.05) is 37.8 Å². The summed E-state index contributed by atoms with van der Waals surface area (Å²) in [5.74, 6) is 6.27. The fraction of sp³-hybridized carbons (Fsp3) is 0.500. The van der Waals surface area contributed by atoms with Crippen molar-refractivity contribution in [2.24, 2.45) is 5.41 Å². The molecule has 2 fully saturated rings. The number of piperidine rings is 1. The number of hydrogen-bond donors (Lipinski definition) is 0. The van der Waals surface area contributed by atoms with Crippen LogP contribution in [0.15, 0.2) is 30.3 Å². The van der Waals surface area contributed by atoms with Gasteiger partial charge in [0.05, 0.1) is 6.61 Å². The van der Waals surface area contributed by atoms with E-state index in [0.717, 1.165) is 30.6 Å². The fourth-order valence-electron chi connectivity index (χ4n) is 4.13. The molecule has 0 N–H and O–H groups in total. The third-order valence-corrected chi connectivity index (χ3v) is 5.90. The van der Waals surface area contributed by atoms with Gasteiger partial charge in [-0.15, -0.1) is 5.92 Å². The lowest BCUT2D eigenvalue weighted by atomic mass is 9.78. The zero-order valence-electron chi connectivity index (χ0n) is 17.9. The minimum absolute atomic E-state index is 0.0172. The second-order valence-corrected chi connectivity index (χ2v) is 7.78. The number of amides is 2. The smallest absolute Gasteiger partial charge is 0.410 e. The number of para-hydroxylation sites is 1. The van der Waals surface area contributed by atoms with Crippen LogP contribution in [-0.4, -0.2) is 61.2 Å². The van der Waals surface area contributed by atoms with E-state index >= 15 is 0 Å². The lowest BCUT2D eigenvalue weighted by molar-refractivity contribution is -0.128. The van der Waals surface area contributed by atoms with Crippen LogP contribution in [0, 0.1) is 17.3 Å². The average Bonchev–Trinajstić information content (AvgIpc) is 3.17. The molecule has 3 rings (SSSR count). The Morgan fingerprint density at radius 3 is 2.53 bits per heavy atom. The number of carbonyl (C=O) groups excluding carboxylic acids is 2. The van der Waals surface area contributed by atoms with Gasteiger partial charge < -0.3 is 19.3 Å². The summed E-state index contributed by atoms with van der Waals surface area (Å²) in [6, 6.07) is 7.71. The Balaban J connectivity index is 1.51. The van der Waals surface area contributed by atoms with Crippen molar-refractivity contribution < 1.29 is 19.1 Å². The SMILES string of the molecule is CC#CCOC(=O)N1CCC2(CCN(C(=O)/C=C/c3ccccc3OCC)CC2)C1. The van der Waals surface area contributed by atoms with Gasteiger partial charge in [0.1, 0.15) is 5.75 Å². The van der Waals surface area contributed by atoms with E-state index in [1.54, 1.807) is 17.9 Å². The van der Waals surface area contributed by atoms with Crippen LogP contribution in [-0.2, 0) is 9.53 Å². The monoisotopic (exact) mass is 410 g/mol. The number of carbonyl (C=O) groups is 2. The van der Waals surface area contributed by atoms with Crippen LogP contribution in [0.4, 0.5) is 4.79 Å². The largest absolute Gasteiger partial charge is 0.493 e. The molecular weight excluding hydrogens is 380 g/mol. The summed E-state index contributed by atoms with van der Waals surface area (Å²) >= 11 is 0. The summed E-state index contributed by atoms with van der Waals surface area (Å²) in [7, 11) is 0. The van der Waals surface area contributed by atoms with E-state index in [0.29, 0.717) is 32.8 Å². The number of nitrogens with zero attached hydrogens (tertiary/aromatic N) is 2. The fourth-order valence-corrected chi connectivity index (χ4v) is 4.13. The summed E-state index contributed by atoms with van der Waals surface area (Å²) in [5, 5.41) is 0. The third kappa shape index (κ3) is 5.35. The molecule has 0 unspecified atom stereocenters. The first-order valence-corrected chi connectivity index (χ1v) is 10.6. The van der Waals surface area contributed by atoms with Crippen molar-refractivity contribution in [3.8, 4) is 17.6 Å². The van der Waals surface area contributed by atoms with Crippen molar-refractivity contribution in [2.75, 3.05) is 39.4 Å². The van der Waals surface area contributed by atoms with E-state index in [1.807, 2.05) is 42.2 Å². The zero-order valence-corrected chi connectivity index (χ0v) is 17.9. The van der Waals surface area contributed by atoms with Crippen molar-refractivity contribution in [1.82, 2.24) is 9.80 Å². The Morgan fingerprint density at radius 2 is 1.83 bits per heavy atom. The Morgan fingerprint density at radius 1 is 1.13 bits per heavy atom. The molecule has 30 heavy (non-hydrogen) atoms. The van der Waals surface area contributed by atoms with Crippen molar-refractivity contribution in [1.29, 1.82) is 0 Å². The maximum absolute atomic E-state index is 12.7. The highest BCUT2D eigenvalue weighted by atomic mass is 16.6. The van der Waals surface area contributed by atoms with Gasteiger partial charge in [-0.2, -0.15) is 0 Å². The van der Waals surface area contributed by atoms with Crippen LogP contribution < -0.4 is 4.74 Å². The van der Waals surface area contributed by atoms with Gasteiger partial charge in [-0.3, -0.25) is 4.79 Å². The summed E-state index contributed by atoms with van der Waals surface area (Å²) < 4.78 is 10.8. The second kappa shape index (κ2) is 10.2. The maximum atomic E-state index is 12.7. The second-order valence-electron chi connectivity index (χ2n) is 7.78. The van der Waals surface area contributed by atoms with Crippen molar-refractivity contribution in [3.63, 3.8) is 0 Å². The Hall–Kier alpha value is -2.94. The van der Waals surface area contributed by atoms with Gasteiger partial charge >= 0.3 is 6.09 Å². The lowest BCUT2D eigenvalue weighted by Gasteiger charge is -2.38. The molecule has 1 aromatic rings. The molecule has 0 atom stereocenters. The van der Waals surface area contributed by atoms with Crippen LogP contribution in [0.1, 0.15) is 38.7 Å². The third-order valence-electron chi connectivity index (χ3n) is 5.90. The highest BCUT2D eigenvalue weighted by Gasteiger charge is 2.43. The van der Waals surface area contributed by atoms with Crippen LogP contribution in [0.5, 0.6) is 5.75 Å².